The quantitative estimate of drug-likeness (QED) is 0.801. The second-order valence-corrected chi connectivity index (χ2v) is 8.51. The van der Waals surface area contributed by atoms with Crippen molar-refractivity contribution in [3.63, 3.8) is 0 Å². The summed E-state index contributed by atoms with van der Waals surface area (Å²) < 4.78 is 39.8. The summed E-state index contributed by atoms with van der Waals surface area (Å²) >= 11 is 15.7. The Labute approximate surface area is 131 Å². The van der Waals surface area contributed by atoms with E-state index in [2.05, 4.69) is 20.7 Å². The maximum Gasteiger partial charge on any atom is 0.271 e. The predicted octanol–water partition coefficient (Wildman–Crippen LogP) is 4.76. The van der Waals surface area contributed by atoms with Crippen LogP contribution in [-0.4, -0.2) is 8.42 Å². The molecular formula is C10H5BrCl2FNO2S2. The molecule has 0 aliphatic rings. The first-order chi connectivity index (χ1) is 8.79. The van der Waals surface area contributed by atoms with E-state index >= 15 is 0 Å². The number of thiophene rings is 1. The zero-order chi connectivity index (χ0) is 14.2. The molecule has 0 saturated carbocycles. The van der Waals surface area contributed by atoms with Crippen molar-refractivity contribution in [2.24, 2.45) is 0 Å². The van der Waals surface area contributed by atoms with Crippen molar-refractivity contribution >= 4 is 66.2 Å². The molecule has 2 rings (SSSR count). The Hall–Kier alpha value is -0.340. The monoisotopic (exact) mass is 403 g/mol. The van der Waals surface area contributed by atoms with Gasteiger partial charge in [-0.1, -0.05) is 23.2 Å². The van der Waals surface area contributed by atoms with E-state index in [1.165, 1.54) is 12.1 Å². The summed E-state index contributed by atoms with van der Waals surface area (Å²) in [5.74, 6) is -0.546. The molecule has 0 aliphatic carbocycles. The van der Waals surface area contributed by atoms with E-state index in [-0.39, 0.29) is 14.9 Å². The van der Waals surface area contributed by atoms with Gasteiger partial charge in [-0.2, -0.15) is 0 Å². The predicted molar refractivity (Wildman–Crippen MR) is 79.2 cm³/mol. The van der Waals surface area contributed by atoms with Crippen LogP contribution in [0, 0.1) is 5.82 Å². The van der Waals surface area contributed by atoms with Gasteiger partial charge in [0.2, 0.25) is 0 Å². The summed E-state index contributed by atoms with van der Waals surface area (Å²) in [6.45, 7) is 0. The molecular weight excluding hydrogens is 400 g/mol. The lowest BCUT2D eigenvalue weighted by atomic mass is 10.3. The number of sulfonamides is 1. The number of benzene rings is 1. The fourth-order valence-electron chi connectivity index (χ4n) is 1.23. The molecule has 0 radical (unpaired) electrons. The van der Waals surface area contributed by atoms with Gasteiger partial charge in [-0.3, -0.25) is 4.72 Å². The Morgan fingerprint density at radius 3 is 2.42 bits per heavy atom. The first-order valence-corrected chi connectivity index (χ1v) is 8.57. The maximum absolute atomic E-state index is 12.9. The van der Waals surface area contributed by atoms with E-state index in [1.807, 2.05) is 0 Å². The molecule has 1 N–H and O–H groups in total. The molecule has 0 aliphatic heterocycles. The zero-order valence-electron chi connectivity index (χ0n) is 8.95. The van der Waals surface area contributed by atoms with Crippen LogP contribution in [0.5, 0.6) is 0 Å². The maximum atomic E-state index is 12.9. The van der Waals surface area contributed by atoms with Crippen LogP contribution < -0.4 is 4.72 Å². The summed E-state index contributed by atoms with van der Waals surface area (Å²) in [5.41, 5.74) is 0.101. The van der Waals surface area contributed by atoms with E-state index in [0.29, 0.717) is 8.81 Å². The van der Waals surface area contributed by atoms with Crippen molar-refractivity contribution < 1.29 is 12.8 Å². The van der Waals surface area contributed by atoms with Gasteiger partial charge in [-0.05, 0) is 40.2 Å². The van der Waals surface area contributed by atoms with Gasteiger partial charge in [0.15, 0.2) is 0 Å². The molecule has 19 heavy (non-hydrogen) atoms. The molecule has 1 heterocycles. The first kappa shape index (κ1) is 15.1. The Morgan fingerprint density at radius 1 is 1.21 bits per heavy atom. The van der Waals surface area contributed by atoms with Crippen molar-refractivity contribution in [1.29, 1.82) is 0 Å². The molecule has 3 nitrogen and oxygen atoms in total. The van der Waals surface area contributed by atoms with Crippen LogP contribution in [0.25, 0.3) is 0 Å². The third-order valence-electron chi connectivity index (χ3n) is 2.06. The molecule has 0 atom stereocenters. The van der Waals surface area contributed by atoms with E-state index < -0.39 is 15.8 Å². The highest BCUT2D eigenvalue weighted by molar-refractivity contribution is 9.11. The van der Waals surface area contributed by atoms with E-state index in [9.17, 15) is 12.8 Å². The van der Waals surface area contributed by atoms with Crippen molar-refractivity contribution in [2.75, 3.05) is 4.72 Å². The van der Waals surface area contributed by atoms with Gasteiger partial charge in [0.25, 0.3) is 10.0 Å². The van der Waals surface area contributed by atoms with Crippen LogP contribution in [0.4, 0.5) is 10.1 Å². The molecule has 9 heteroatoms. The fraction of sp³-hybridized carbons (Fsp3) is 0. The third-order valence-corrected chi connectivity index (χ3v) is 6.69. The molecule has 1 aromatic heterocycles. The smallest absolute Gasteiger partial charge is 0.271 e. The topological polar surface area (TPSA) is 46.2 Å². The number of halogens is 4. The number of hydrogen-bond acceptors (Lipinski definition) is 3. The third kappa shape index (κ3) is 3.41. The second kappa shape index (κ2) is 5.57. The molecule has 1 aromatic carbocycles. The lowest BCUT2D eigenvalue weighted by molar-refractivity contribution is 0.603. The second-order valence-electron chi connectivity index (χ2n) is 3.42. The Kier molecular flexibility index (Phi) is 4.42. The van der Waals surface area contributed by atoms with E-state index in [4.69, 9.17) is 23.2 Å². The minimum atomic E-state index is -3.80. The highest BCUT2D eigenvalue weighted by Gasteiger charge is 2.20. The largest absolute Gasteiger partial charge is 0.277 e. The molecule has 0 saturated heterocycles. The average Bonchev–Trinajstić information content (AvgIpc) is 2.64. The van der Waals surface area contributed by atoms with Crippen molar-refractivity contribution in [3.8, 4) is 0 Å². The van der Waals surface area contributed by atoms with Gasteiger partial charge in [-0.25, -0.2) is 12.8 Å². The lowest BCUT2D eigenvalue weighted by Crippen LogP contribution is -2.11. The van der Waals surface area contributed by atoms with Gasteiger partial charge < -0.3 is 0 Å². The van der Waals surface area contributed by atoms with E-state index in [0.717, 1.165) is 23.5 Å². The Morgan fingerprint density at radius 2 is 1.89 bits per heavy atom. The minimum absolute atomic E-state index is 0.0229. The number of nitrogens with one attached hydrogen (secondary N) is 1. The number of anilines is 1. The summed E-state index contributed by atoms with van der Waals surface area (Å²) in [5, 5.41) is 0.279. The molecule has 0 unspecified atom stereocenters. The van der Waals surface area contributed by atoms with Crippen molar-refractivity contribution in [2.45, 2.75) is 4.21 Å². The van der Waals surface area contributed by atoms with Crippen LogP contribution in [0.3, 0.4) is 0 Å². The van der Waals surface area contributed by atoms with Gasteiger partial charge in [0.05, 0.1) is 19.5 Å². The molecule has 0 spiro atoms. The van der Waals surface area contributed by atoms with Gasteiger partial charge in [0.1, 0.15) is 10.0 Å². The highest BCUT2D eigenvalue weighted by atomic mass is 79.9. The fourth-order valence-corrected chi connectivity index (χ4v) is 4.98. The van der Waals surface area contributed by atoms with Crippen molar-refractivity contribution in [1.82, 2.24) is 0 Å². The number of rotatable bonds is 3. The van der Waals surface area contributed by atoms with Crippen LogP contribution >= 0.6 is 50.5 Å². The van der Waals surface area contributed by atoms with E-state index in [1.54, 1.807) is 0 Å². The molecule has 2 aromatic rings. The molecule has 0 fully saturated rings. The SMILES string of the molecule is O=S(=O)(Nc1ccc(F)cc1Cl)c1cc(Cl)c(Br)s1. The molecule has 102 valence electrons. The summed E-state index contributed by atoms with van der Waals surface area (Å²) in [7, 11) is -3.80. The van der Waals surface area contributed by atoms with Gasteiger partial charge in [0, 0.05) is 0 Å². The molecule has 0 bridgehead atoms. The number of hydrogen-bond donors (Lipinski definition) is 1. The van der Waals surface area contributed by atoms with Gasteiger partial charge in [-0.15, -0.1) is 11.3 Å². The Balaban J connectivity index is 2.36. The minimum Gasteiger partial charge on any atom is -0.277 e. The normalized spacial score (nSPS) is 11.6. The first-order valence-electron chi connectivity index (χ1n) is 4.72. The Bertz CT molecular complexity index is 714. The average molecular weight is 405 g/mol. The van der Waals surface area contributed by atoms with Crippen LogP contribution in [0.15, 0.2) is 32.3 Å². The van der Waals surface area contributed by atoms with Crippen molar-refractivity contribution in [3.05, 3.63) is 43.9 Å². The molecule has 0 amide bonds. The van der Waals surface area contributed by atoms with Crippen LogP contribution in [-0.2, 0) is 10.0 Å². The van der Waals surface area contributed by atoms with Crippen LogP contribution in [0.2, 0.25) is 10.0 Å². The summed E-state index contributed by atoms with van der Waals surface area (Å²) in [6.07, 6.45) is 0. The lowest BCUT2D eigenvalue weighted by Gasteiger charge is -2.07. The zero-order valence-corrected chi connectivity index (χ0v) is 13.7. The van der Waals surface area contributed by atoms with Gasteiger partial charge >= 0.3 is 0 Å². The standard InChI is InChI=1S/C10H5BrCl2FNO2S2/c11-10-7(13)4-9(18-10)19(16,17)15-8-2-1-5(14)3-6(8)12/h1-4,15H. The highest BCUT2D eigenvalue weighted by Crippen LogP contribution is 2.36. The summed E-state index contributed by atoms with van der Waals surface area (Å²) in [6, 6.07) is 4.70. The van der Waals surface area contributed by atoms with Crippen LogP contribution in [0.1, 0.15) is 0 Å². The summed E-state index contributed by atoms with van der Waals surface area (Å²) in [4.78, 5) is 0.